The average molecular weight is 250 g/mol. The molecule has 5 heteroatoms. The molecule has 2 heterocycles. The molecule has 0 spiro atoms. The summed E-state index contributed by atoms with van der Waals surface area (Å²) in [7, 11) is 0. The first-order valence-corrected chi connectivity index (χ1v) is 6.70. The number of carbonyl (C=O) groups is 1. The van der Waals surface area contributed by atoms with E-state index < -0.39 is 0 Å². The number of rotatable bonds is 1. The van der Waals surface area contributed by atoms with Crippen LogP contribution in [-0.4, -0.2) is 39.1 Å². The van der Waals surface area contributed by atoms with E-state index in [1.165, 1.54) is 12.8 Å². The Bertz CT molecular complexity index is 411. The highest BCUT2D eigenvalue weighted by atomic mass is 16.2. The summed E-state index contributed by atoms with van der Waals surface area (Å²) in [6.07, 6.45) is 4.60. The van der Waals surface area contributed by atoms with Gasteiger partial charge in [0.05, 0.1) is 0 Å². The summed E-state index contributed by atoms with van der Waals surface area (Å²) in [5.74, 6) is 1.03. The Morgan fingerprint density at radius 3 is 2.28 bits per heavy atom. The molecule has 1 N–H and O–H groups in total. The zero-order valence-electron chi connectivity index (χ0n) is 11.5. The maximum Gasteiger partial charge on any atom is 0.293 e. The summed E-state index contributed by atoms with van der Waals surface area (Å²) < 4.78 is 0. The lowest BCUT2D eigenvalue weighted by Crippen LogP contribution is -2.32. The highest BCUT2D eigenvalue weighted by Crippen LogP contribution is 2.18. The van der Waals surface area contributed by atoms with Crippen molar-refractivity contribution in [2.45, 2.75) is 51.9 Å². The SMILES string of the molecule is CC(C)(C)c1nc(C(=O)N2CCCCCC2)n[nH]1. The van der Waals surface area contributed by atoms with Crippen molar-refractivity contribution in [3.63, 3.8) is 0 Å². The summed E-state index contributed by atoms with van der Waals surface area (Å²) in [4.78, 5) is 18.5. The van der Waals surface area contributed by atoms with Crippen LogP contribution in [0.15, 0.2) is 0 Å². The largest absolute Gasteiger partial charge is 0.336 e. The van der Waals surface area contributed by atoms with Crippen LogP contribution < -0.4 is 0 Å². The van der Waals surface area contributed by atoms with E-state index in [9.17, 15) is 4.79 Å². The Hall–Kier alpha value is -1.39. The first kappa shape index (κ1) is 13.1. The predicted molar refractivity (Wildman–Crippen MR) is 69.5 cm³/mol. The highest BCUT2D eigenvalue weighted by molar-refractivity contribution is 5.90. The number of nitrogens with zero attached hydrogens (tertiary/aromatic N) is 3. The Balaban J connectivity index is 2.10. The third-order valence-electron chi connectivity index (χ3n) is 3.28. The lowest BCUT2D eigenvalue weighted by Gasteiger charge is -2.18. The number of carbonyl (C=O) groups excluding carboxylic acids is 1. The van der Waals surface area contributed by atoms with E-state index in [0.29, 0.717) is 5.82 Å². The van der Waals surface area contributed by atoms with Crippen molar-refractivity contribution in [1.82, 2.24) is 20.1 Å². The summed E-state index contributed by atoms with van der Waals surface area (Å²) in [5, 5.41) is 6.93. The molecule has 1 aliphatic heterocycles. The predicted octanol–water partition coefficient (Wildman–Crippen LogP) is 2.12. The highest BCUT2D eigenvalue weighted by Gasteiger charge is 2.24. The summed E-state index contributed by atoms with van der Waals surface area (Å²) in [5.41, 5.74) is -0.107. The molecule has 18 heavy (non-hydrogen) atoms. The molecule has 0 bridgehead atoms. The zero-order chi connectivity index (χ0) is 13.2. The van der Waals surface area contributed by atoms with Gasteiger partial charge in [-0.2, -0.15) is 0 Å². The van der Waals surface area contributed by atoms with E-state index >= 15 is 0 Å². The number of aromatic nitrogens is 3. The van der Waals surface area contributed by atoms with Gasteiger partial charge in [0, 0.05) is 18.5 Å². The monoisotopic (exact) mass is 250 g/mol. The molecule has 1 saturated heterocycles. The number of nitrogens with one attached hydrogen (secondary N) is 1. The van der Waals surface area contributed by atoms with E-state index in [1.54, 1.807) is 0 Å². The first-order chi connectivity index (χ1) is 8.48. The standard InChI is InChI=1S/C13H22N4O/c1-13(2,3)12-14-10(15-16-12)11(18)17-8-6-4-5-7-9-17/h4-9H2,1-3H3,(H,14,15,16). The van der Waals surface area contributed by atoms with Gasteiger partial charge in [0.2, 0.25) is 5.82 Å². The molecule has 1 aromatic rings. The molecule has 1 aromatic heterocycles. The van der Waals surface area contributed by atoms with E-state index in [0.717, 1.165) is 31.8 Å². The van der Waals surface area contributed by atoms with Gasteiger partial charge >= 0.3 is 0 Å². The Morgan fingerprint density at radius 1 is 1.17 bits per heavy atom. The van der Waals surface area contributed by atoms with Crippen LogP contribution in [0.5, 0.6) is 0 Å². The second-order valence-electron chi connectivity index (χ2n) is 5.96. The van der Waals surface area contributed by atoms with Crippen LogP contribution in [0, 0.1) is 0 Å². The number of likely N-dealkylation sites (tertiary alicyclic amines) is 1. The van der Waals surface area contributed by atoms with Gasteiger partial charge in [-0.25, -0.2) is 4.98 Å². The van der Waals surface area contributed by atoms with Crippen LogP contribution in [0.1, 0.15) is 62.9 Å². The molecule has 2 rings (SSSR count). The van der Waals surface area contributed by atoms with Crippen LogP contribution in [0.4, 0.5) is 0 Å². The van der Waals surface area contributed by atoms with Crippen molar-refractivity contribution in [2.75, 3.05) is 13.1 Å². The molecule has 5 nitrogen and oxygen atoms in total. The topological polar surface area (TPSA) is 61.9 Å². The van der Waals surface area contributed by atoms with Gasteiger partial charge in [0.1, 0.15) is 5.82 Å². The van der Waals surface area contributed by atoms with Gasteiger partial charge < -0.3 is 4.90 Å². The van der Waals surface area contributed by atoms with Gasteiger partial charge in [-0.15, -0.1) is 5.10 Å². The second-order valence-corrected chi connectivity index (χ2v) is 5.96. The minimum absolute atomic E-state index is 0.0383. The fraction of sp³-hybridized carbons (Fsp3) is 0.769. The van der Waals surface area contributed by atoms with Crippen molar-refractivity contribution in [1.29, 1.82) is 0 Å². The second kappa shape index (κ2) is 5.08. The molecule has 1 aliphatic rings. The number of aromatic amines is 1. The molecule has 0 radical (unpaired) electrons. The number of hydrogen-bond donors (Lipinski definition) is 1. The van der Waals surface area contributed by atoms with E-state index in [-0.39, 0.29) is 11.3 Å². The molecular formula is C13H22N4O. The third-order valence-corrected chi connectivity index (χ3v) is 3.28. The van der Waals surface area contributed by atoms with Gasteiger partial charge in [-0.3, -0.25) is 9.89 Å². The van der Waals surface area contributed by atoms with Crippen LogP contribution in [0.25, 0.3) is 0 Å². The summed E-state index contributed by atoms with van der Waals surface area (Å²) in [6.45, 7) is 7.81. The van der Waals surface area contributed by atoms with Gasteiger partial charge in [-0.1, -0.05) is 33.6 Å². The molecule has 100 valence electrons. The van der Waals surface area contributed by atoms with E-state index in [4.69, 9.17) is 0 Å². The molecule has 1 fully saturated rings. The molecule has 0 aliphatic carbocycles. The fourth-order valence-corrected chi connectivity index (χ4v) is 2.11. The third kappa shape index (κ3) is 2.89. The minimum atomic E-state index is -0.107. The maximum atomic E-state index is 12.3. The van der Waals surface area contributed by atoms with E-state index in [1.807, 2.05) is 25.7 Å². The van der Waals surface area contributed by atoms with Crippen molar-refractivity contribution >= 4 is 5.91 Å². The van der Waals surface area contributed by atoms with E-state index in [2.05, 4.69) is 15.2 Å². The summed E-state index contributed by atoms with van der Waals surface area (Å²) >= 11 is 0. The molecule has 1 amide bonds. The first-order valence-electron chi connectivity index (χ1n) is 6.70. The molecule has 0 aromatic carbocycles. The lowest BCUT2D eigenvalue weighted by atomic mass is 9.96. The van der Waals surface area contributed by atoms with Crippen LogP contribution >= 0.6 is 0 Å². The lowest BCUT2D eigenvalue weighted by molar-refractivity contribution is 0.0749. The number of hydrogen-bond acceptors (Lipinski definition) is 3. The molecule has 0 saturated carbocycles. The van der Waals surface area contributed by atoms with Crippen LogP contribution in [0.2, 0.25) is 0 Å². The molecule has 0 unspecified atom stereocenters. The number of H-pyrrole nitrogens is 1. The van der Waals surface area contributed by atoms with Crippen molar-refractivity contribution in [3.05, 3.63) is 11.6 Å². The van der Waals surface area contributed by atoms with Crippen molar-refractivity contribution in [2.24, 2.45) is 0 Å². The van der Waals surface area contributed by atoms with Crippen molar-refractivity contribution in [3.8, 4) is 0 Å². The maximum absolute atomic E-state index is 12.3. The van der Waals surface area contributed by atoms with Gasteiger partial charge in [0.15, 0.2) is 0 Å². The Morgan fingerprint density at radius 2 is 1.78 bits per heavy atom. The molecule has 0 atom stereocenters. The smallest absolute Gasteiger partial charge is 0.293 e. The van der Waals surface area contributed by atoms with Crippen LogP contribution in [-0.2, 0) is 5.41 Å². The normalized spacial score (nSPS) is 17.6. The molecular weight excluding hydrogens is 228 g/mol. The Labute approximate surface area is 108 Å². The van der Waals surface area contributed by atoms with Gasteiger partial charge in [-0.05, 0) is 12.8 Å². The minimum Gasteiger partial charge on any atom is -0.336 e. The fourth-order valence-electron chi connectivity index (χ4n) is 2.11. The van der Waals surface area contributed by atoms with Crippen LogP contribution in [0.3, 0.4) is 0 Å². The average Bonchev–Trinajstić information content (AvgIpc) is 2.65. The van der Waals surface area contributed by atoms with Gasteiger partial charge in [0.25, 0.3) is 5.91 Å². The number of amides is 1. The summed E-state index contributed by atoms with van der Waals surface area (Å²) in [6, 6.07) is 0. The quantitative estimate of drug-likeness (QED) is 0.830. The van der Waals surface area contributed by atoms with Crippen molar-refractivity contribution < 1.29 is 4.79 Å². The Kier molecular flexibility index (Phi) is 3.68. The zero-order valence-corrected chi connectivity index (χ0v) is 11.5.